The second-order valence-corrected chi connectivity index (χ2v) is 8.65. The molecule has 1 fully saturated rings. The normalized spacial score (nSPS) is 14.2. The number of methoxy groups -OCH3 is 1. The lowest BCUT2D eigenvalue weighted by Crippen LogP contribution is -2.48. The van der Waals surface area contributed by atoms with E-state index < -0.39 is 4.92 Å². The van der Waals surface area contributed by atoms with Gasteiger partial charge in [-0.15, -0.1) is 11.3 Å². The Kier molecular flexibility index (Phi) is 6.85. The van der Waals surface area contributed by atoms with Crippen molar-refractivity contribution in [3.8, 4) is 17.0 Å². The number of carbonyl (C=O) groups excluding carboxylic acids is 1. The van der Waals surface area contributed by atoms with Crippen LogP contribution in [0.1, 0.15) is 5.56 Å². The standard InChI is InChI=1S/C23H25N5O4S/c1-16-12-18(28(30)31)6-7-20(16)24-22(29)14-26-8-10-27(11-9-26)23-25-21(15-33-23)17-4-3-5-19(13-17)32-2/h3-7,12-13,15H,8-11,14H2,1-2H3,(H,24,29). The van der Waals surface area contributed by atoms with Gasteiger partial charge in [0, 0.05) is 54.9 Å². The summed E-state index contributed by atoms with van der Waals surface area (Å²) in [5, 5.41) is 16.8. The van der Waals surface area contributed by atoms with E-state index in [4.69, 9.17) is 9.72 Å². The first-order chi connectivity index (χ1) is 15.9. The van der Waals surface area contributed by atoms with Gasteiger partial charge in [0.25, 0.3) is 5.69 Å². The van der Waals surface area contributed by atoms with Crippen LogP contribution in [0.2, 0.25) is 0 Å². The monoisotopic (exact) mass is 467 g/mol. The summed E-state index contributed by atoms with van der Waals surface area (Å²) < 4.78 is 5.30. The molecule has 1 aliphatic rings. The van der Waals surface area contributed by atoms with Crippen LogP contribution in [0.4, 0.5) is 16.5 Å². The number of non-ortho nitro benzene ring substituents is 1. The molecule has 1 aliphatic heterocycles. The van der Waals surface area contributed by atoms with Gasteiger partial charge < -0.3 is 15.0 Å². The maximum Gasteiger partial charge on any atom is 0.269 e. The predicted molar refractivity (Wildman–Crippen MR) is 129 cm³/mol. The molecule has 0 spiro atoms. The first-order valence-electron chi connectivity index (χ1n) is 10.5. The number of hydrogen-bond acceptors (Lipinski definition) is 8. The van der Waals surface area contributed by atoms with Gasteiger partial charge in [0.15, 0.2) is 5.13 Å². The third kappa shape index (κ3) is 5.47. The van der Waals surface area contributed by atoms with Crippen LogP contribution in [0.5, 0.6) is 5.75 Å². The highest BCUT2D eigenvalue weighted by Crippen LogP contribution is 2.30. The first kappa shape index (κ1) is 22.7. The Labute approximate surface area is 195 Å². The fourth-order valence-electron chi connectivity index (χ4n) is 3.72. The zero-order chi connectivity index (χ0) is 23.4. The van der Waals surface area contributed by atoms with Crippen molar-refractivity contribution in [2.75, 3.05) is 50.1 Å². The third-order valence-corrected chi connectivity index (χ3v) is 6.46. The largest absolute Gasteiger partial charge is 0.497 e. The highest BCUT2D eigenvalue weighted by Gasteiger charge is 2.22. The molecule has 33 heavy (non-hydrogen) atoms. The van der Waals surface area contributed by atoms with Gasteiger partial charge in [-0.3, -0.25) is 19.8 Å². The number of nitro groups is 1. The van der Waals surface area contributed by atoms with Crippen LogP contribution in [0.15, 0.2) is 47.8 Å². The summed E-state index contributed by atoms with van der Waals surface area (Å²) in [6, 6.07) is 12.3. The molecule has 0 radical (unpaired) electrons. The number of anilines is 2. The van der Waals surface area contributed by atoms with Crippen LogP contribution < -0.4 is 15.0 Å². The molecule has 2 heterocycles. The zero-order valence-electron chi connectivity index (χ0n) is 18.5. The predicted octanol–water partition coefficient (Wildman–Crippen LogP) is 3.80. The highest BCUT2D eigenvalue weighted by molar-refractivity contribution is 7.14. The number of nitrogens with one attached hydrogen (secondary N) is 1. The molecule has 3 aromatic rings. The number of ether oxygens (including phenoxy) is 1. The molecule has 1 aromatic heterocycles. The minimum atomic E-state index is -0.444. The van der Waals surface area contributed by atoms with E-state index in [0.29, 0.717) is 11.3 Å². The SMILES string of the molecule is COc1cccc(-c2csc(N3CCN(CC(=O)Nc4ccc([N+](=O)[O-])cc4C)CC3)n2)c1. The van der Waals surface area contributed by atoms with Crippen LogP contribution >= 0.6 is 11.3 Å². The number of amides is 1. The van der Waals surface area contributed by atoms with Crippen molar-refractivity contribution in [1.29, 1.82) is 0 Å². The number of piperazine rings is 1. The van der Waals surface area contributed by atoms with Gasteiger partial charge in [-0.05, 0) is 30.7 Å². The quantitative estimate of drug-likeness (QED) is 0.417. The van der Waals surface area contributed by atoms with Crippen LogP contribution in [0.25, 0.3) is 11.3 Å². The molecule has 4 rings (SSSR count). The summed E-state index contributed by atoms with van der Waals surface area (Å²) in [7, 11) is 1.65. The van der Waals surface area contributed by atoms with Crippen LogP contribution in [0, 0.1) is 17.0 Å². The number of aryl methyl sites for hydroxylation is 1. The van der Waals surface area contributed by atoms with Gasteiger partial charge in [-0.2, -0.15) is 0 Å². The van der Waals surface area contributed by atoms with Crippen molar-refractivity contribution < 1.29 is 14.5 Å². The van der Waals surface area contributed by atoms with E-state index in [1.54, 1.807) is 31.4 Å². The summed E-state index contributed by atoms with van der Waals surface area (Å²) in [5.74, 6) is 0.674. The topological polar surface area (TPSA) is 101 Å². The van der Waals surface area contributed by atoms with E-state index in [-0.39, 0.29) is 18.1 Å². The fraction of sp³-hybridized carbons (Fsp3) is 0.304. The molecular formula is C23H25N5O4S. The smallest absolute Gasteiger partial charge is 0.269 e. The number of benzene rings is 2. The minimum absolute atomic E-state index is 0.0124. The Hall–Kier alpha value is -3.50. The molecule has 172 valence electrons. The number of rotatable bonds is 7. The summed E-state index contributed by atoms with van der Waals surface area (Å²) in [4.78, 5) is 32.1. The van der Waals surface area contributed by atoms with Gasteiger partial charge >= 0.3 is 0 Å². The van der Waals surface area contributed by atoms with Crippen LogP contribution in [-0.4, -0.2) is 60.5 Å². The maximum atomic E-state index is 12.5. The van der Waals surface area contributed by atoms with Gasteiger partial charge in [0.05, 0.1) is 24.3 Å². The summed E-state index contributed by atoms with van der Waals surface area (Å²) in [5.41, 5.74) is 3.22. The molecule has 1 saturated heterocycles. The molecule has 1 amide bonds. The fourth-order valence-corrected chi connectivity index (χ4v) is 4.60. The number of aromatic nitrogens is 1. The third-order valence-electron chi connectivity index (χ3n) is 5.56. The van der Waals surface area contributed by atoms with E-state index in [2.05, 4.69) is 20.5 Å². The van der Waals surface area contributed by atoms with Gasteiger partial charge in [-0.25, -0.2) is 4.98 Å². The zero-order valence-corrected chi connectivity index (χ0v) is 19.3. The van der Waals surface area contributed by atoms with E-state index in [9.17, 15) is 14.9 Å². The van der Waals surface area contributed by atoms with E-state index in [0.717, 1.165) is 48.3 Å². The van der Waals surface area contributed by atoms with E-state index in [1.165, 1.54) is 12.1 Å². The molecule has 2 aromatic carbocycles. The van der Waals surface area contributed by atoms with Crippen LogP contribution in [-0.2, 0) is 4.79 Å². The molecule has 0 aliphatic carbocycles. The lowest BCUT2D eigenvalue weighted by atomic mass is 10.2. The van der Waals surface area contributed by atoms with Crippen molar-refractivity contribution >= 4 is 33.8 Å². The molecule has 9 nitrogen and oxygen atoms in total. The molecular weight excluding hydrogens is 442 g/mol. The Morgan fingerprint density at radius 2 is 2.00 bits per heavy atom. The van der Waals surface area contributed by atoms with Crippen LogP contribution in [0.3, 0.4) is 0 Å². The number of carbonyl (C=O) groups is 1. The maximum absolute atomic E-state index is 12.5. The number of hydrogen-bond donors (Lipinski definition) is 1. The Balaban J connectivity index is 1.30. The summed E-state index contributed by atoms with van der Waals surface area (Å²) in [6.07, 6.45) is 0. The summed E-state index contributed by atoms with van der Waals surface area (Å²) in [6.45, 7) is 5.09. The Bertz CT molecular complexity index is 1160. The van der Waals surface area contributed by atoms with Crippen molar-refractivity contribution in [2.45, 2.75) is 6.92 Å². The Morgan fingerprint density at radius 3 is 2.70 bits per heavy atom. The minimum Gasteiger partial charge on any atom is -0.497 e. The molecule has 1 N–H and O–H groups in total. The Morgan fingerprint density at radius 1 is 1.21 bits per heavy atom. The molecule has 0 saturated carbocycles. The van der Waals surface area contributed by atoms with E-state index in [1.807, 2.05) is 24.3 Å². The average molecular weight is 468 g/mol. The van der Waals surface area contributed by atoms with Crippen molar-refractivity contribution in [2.24, 2.45) is 0 Å². The second-order valence-electron chi connectivity index (χ2n) is 7.81. The molecule has 0 atom stereocenters. The lowest BCUT2D eigenvalue weighted by molar-refractivity contribution is -0.384. The van der Waals surface area contributed by atoms with Gasteiger partial charge in [0.1, 0.15) is 5.75 Å². The average Bonchev–Trinajstić information content (AvgIpc) is 3.31. The number of thiazole rings is 1. The van der Waals surface area contributed by atoms with Crippen molar-refractivity contribution in [1.82, 2.24) is 9.88 Å². The molecule has 0 unspecified atom stereocenters. The number of nitrogens with zero attached hydrogens (tertiary/aromatic N) is 4. The first-order valence-corrected chi connectivity index (χ1v) is 11.4. The lowest BCUT2D eigenvalue weighted by Gasteiger charge is -2.34. The summed E-state index contributed by atoms with van der Waals surface area (Å²) >= 11 is 1.61. The van der Waals surface area contributed by atoms with Gasteiger partial charge in [-0.1, -0.05) is 12.1 Å². The van der Waals surface area contributed by atoms with Crippen molar-refractivity contribution in [3.63, 3.8) is 0 Å². The number of nitro benzene ring substituents is 1. The van der Waals surface area contributed by atoms with Crippen molar-refractivity contribution in [3.05, 3.63) is 63.5 Å². The van der Waals surface area contributed by atoms with Gasteiger partial charge in [0.2, 0.25) is 5.91 Å². The highest BCUT2D eigenvalue weighted by atomic mass is 32.1. The second kappa shape index (κ2) is 9.97. The molecule has 10 heteroatoms. The van der Waals surface area contributed by atoms with E-state index >= 15 is 0 Å². The molecule has 0 bridgehead atoms.